The van der Waals surface area contributed by atoms with Crippen molar-refractivity contribution in [3.05, 3.63) is 22.7 Å². The Labute approximate surface area is 92.4 Å². The smallest absolute Gasteiger partial charge is 0.162 e. The van der Waals surface area contributed by atoms with Gasteiger partial charge in [-0.05, 0) is 6.07 Å². The third kappa shape index (κ3) is 2.49. The number of nitrogens with two attached hydrogens (primary N) is 1. The van der Waals surface area contributed by atoms with Crippen LogP contribution in [0.4, 0.5) is 0 Å². The van der Waals surface area contributed by atoms with E-state index in [2.05, 4.69) is 0 Å². The second-order valence-corrected chi connectivity index (χ2v) is 3.72. The van der Waals surface area contributed by atoms with Crippen LogP contribution in [0.5, 0.6) is 11.5 Å². The molecule has 5 heteroatoms. The fraction of sp³-hybridized carbons (Fsp3) is 0.222. The van der Waals surface area contributed by atoms with Gasteiger partial charge in [0.25, 0.3) is 0 Å². The number of hydrogen-bond donors (Lipinski definition) is 2. The molecule has 14 heavy (non-hydrogen) atoms. The Morgan fingerprint density at radius 1 is 1.64 bits per heavy atom. The van der Waals surface area contributed by atoms with E-state index in [4.69, 9.17) is 34.3 Å². The van der Waals surface area contributed by atoms with Crippen molar-refractivity contribution in [2.45, 2.75) is 6.42 Å². The predicted octanol–water partition coefficient (Wildman–Crippen LogP) is 1.88. The maximum absolute atomic E-state index is 9.66. The number of halogens is 1. The highest BCUT2D eigenvalue weighted by molar-refractivity contribution is 7.80. The molecule has 0 saturated heterocycles. The third-order valence-electron chi connectivity index (χ3n) is 1.70. The van der Waals surface area contributed by atoms with E-state index in [1.54, 1.807) is 6.07 Å². The van der Waals surface area contributed by atoms with Gasteiger partial charge in [0.1, 0.15) is 0 Å². The van der Waals surface area contributed by atoms with Crippen LogP contribution in [0, 0.1) is 0 Å². The fourth-order valence-electron chi connectivity index (χ4n) is 1.11. The predicted molar refractivity (Wildman–Crippen MR) is 60.2 cm³/mol. The zero-order chi connectivity index (χ0) is 10.7. The summed E-state index contributed by atoms with van der Waals surface area (Å²) < 4.78 is 4.93. The number of thiocarbonyl (C=S) groups is 1. The van der Waals surface area contributed by atoms with Gasteiger partial charge in [-0.3, -0.25) is 0 Å². The minimum absolute atomic E-state index is 0.0321. The van der Waals surface area contributed by atoms with Crippen LogP contribution in [0.1, 0.15) is 5.56 Å². The van der Waals surface area contributed by atoms with E-state index in [0.29, 0.717) is 27.7 Å². The molecule has 0 radical (unpaired) electrons. The lowest BCUT2D eigenvalue weighted by molar-refractivity contribution is 0.371. The van der Waals surface area contributed by atoms with Crippen molar-refractivity contribution in [3.63, 3.8) is 0 Å². The normalized spacial score (nSPS) is 9.86. The quantitative estimate of drug-likeness (QED) is 0.780. The molecule has 0 spiro atoms. The number of phenolic OH excluding ortho intramolecular Hbond substituents is 1. The summed E-state index contributed by atoms with van der Waals surface area (Å²) in [5.74, 6) is 0.355. The fourth-order valence-corrected chi connectivity index (χ4v) is 1.49. The number of rotatable bonds is 3. The van der Waals surface area contributed by atoms with E-state index in [-0.39, 0.29) is 5.75 Å². The number of ether oxygens (including phenoxy) is 1. The average molecular weight is 232 g/mol. The summed E-state index contributed by atoms with van der Waals surface area (Å²) in [6.07, 6.45) is 0.304. The Kier molecular flexibility index (Phi) is 3.55. The molecule has 0 bridgehead atoms. The SMILES string of the molecule is COc1cc(Cl)cc(CC(N)=S)c1O. The van der Waals surface area contributed by atoms with Crippen LogP contribution in [-0.2, 0) is 6.42 Å². The summed E-state index contributed by atoms with van der Waals surface area (Å²) in [5, 5.41) is 10.1. The molecular weight excluding hydrogens is 222 g/mol. The van der Waals surface area contributed by atoms with Crippen LogP contribution in [-0.4, -0.2) is 17.2 Å². The molecule has 76 valence electrons. The Bertz CT molecular complexity index is 368. The highest BCUT2D eigenvalue weighted by Gasteiger charge is 2.10. The molecule has 3 nitrogen and oxygen atoms in total. The number of hydrogen-bond acceptors (Lipinski definition) is 3. The molecule has 1 aromatic rings. The van der Waals surface area contributed by atoms with Crippen molar-refractivity contribution >= 4 is 28.8 Å². The molecule has 0 aliphatic carbocycles. The van der Waals surface area contributed by atoms with Gasteiger partial charge in [0, 0.05) is 23.1 Å². The summed E-state index contributed by atoms with van der Waals surface area (Å²) in [6.45, 7) is 0. The van der Waals surface area contributed by atoms with Crippen molar-refractivity contribution in [1.29, 1.82) is 0 Å². The van der Waals surface area contributed by atoms with E-state index in [0.717, 1.165) is 0 Å². The van der Waals surface area contributed by atoms with Gasteiger partial charge in [-0.15, -0.1) is 0 Å². The Hall–Kier alpha value is -1.00. The van der Waals surface area contributed by atoms with Gasteiger partial charge >= 0.3 is 0 Å². The molecular formula is C9H10ClNO2S. The second-order valence-electron chi connectivity index (χ2n) is 2.76. The summed E-state index contributed by atoms with van der Waals surface area (Å²) in [6, 6.07) is 3.14. The van der Waals surface area contributed by atoms with Crippen LogP contribution < -0.4 is 10.5 Å². The first-order valence-electron chi connectivity index (χ1n) is 3.88. The van der Waals surface area contributed by atoms with Gasteiger partial charge in [0.05, 0.1) is 12.1 Å². The zero-order valence-corrected chi connectivity index (χ0v) is 9.15. The van der Waals surface area contributed by atoms with E-state index in [1.165, 1.54) is 13.2 Å². The summed E-state index contributed by atoms with van der Waals surface area (Å²) in [4.78, 5) is 0.296. The van der Waals surface area contributed by atoms with Crippen LogP contribution >= 0.6 is 23.8 Å². The van der Waals surface area contributed by atoms with Crippen molar-refractivity contribution in [3.8, 4) is 11.5 Å². The van der Waals surface area contributed by atoms with Gasteiger partial charge in [0.2, 0.25) is 0 Å². The number of benzene rings is 1. The van der Waals surface area contributed by atoms with Crippen LogP contribution in [0.3, 0.4) is 0 Å². The highest BCUT2D eigenvalue weighted by Crippen LogP contribution is 2.33. The first kappa shape index (κ1) is 11.1. The minimum Gasteiger partial charge on any atom is -0.504 e. The van der Waals surface area contributed by atoms with Crippen LogP contribution in [0.15, 0.2) is 12.1 Å². The minimum atomic E-state index is 0.0321. The molecule has 1 rings (SSSR count). The number of methoxy groups -OCH3 is 1. The lowest BCUT2D eigenvalue weighted by Crippen LogP contribution is -2.11. The molecule has 0 aliphatic heterocycles. The topological polar surface area (TPSA) is 55.5 Å². The molecule has 1 aromatic carbocycles. The van der Waals surface area contributed by atoms with Crippen LogP contribution in [0.25, 0.3) is 0 Å². The van der Waals surface area contributed by atoms with Gasteiger partial charge < -0.3 is 15.6 Å². The molecule has 0 aliphatic rings. The van der Waals surface area contributed by atoms with Crippen LogP contribution in [0.2, 0.25) is 5.02 Å². The number of aromatic hydroxyl groups is 1. The molecule has 0 fully saturated rings. The third-order valence-corrected chi connectivity index (χ3v) is 2.07. The van der Waals surface area contributed by atoms with Gasteiger partial charge in [-0.25, -0.2) is 0 Å². The van der Waals surface area contributed by atoms with Crippen molar-refractivity contribution in [1.82, 2.24) is 0 Å². The lowest BCUT2D eigenvalue weighted by Gasteiger charge is -2.08. The average Bonchev–Trinajstić information content (AvgIpc) is 2.09. The largest absolute Gasteiger partial charge is 0.504 e. The van der Waals surface area contributed by atoms with Gasteiger partial charge in [-0.1, -0.05) is 23.8 Å². The summed E-state index contributed by atoms with van der Waals surface area (Å²) >= 11 is 10.6. The molecule has 0 aromatic heterocycles. The summed E-state index contributed by atoms with van der Waals surface area (Å²) in [7, 11) is 1.45. The van der Waals surface area contributed by atoms with E-state index < -0.39 is 0 Å². The first-order valence-corrected chi connectivity index (χ1v) is 4.67. The van der Waals surface area contributed by atoms with E-state index in [1.807, 2.05) is 0 Å². The molecule has 0 atom stereocenters. The molecule has 3 N–H and O–H groups in total. The summed E-state index contributed by atoms with van der Waals surface area (Å²) in [5.41, 5.74) is 5.94. The Balaban J connectivity index is 3.15. The highest BCUT2D eigenvalue weighted by atomic mass is 35.5. The molecule has 0 unspecified atom stereocenters. The van der Waals surface area contributed by atoms with E-state index >= 15 is 0 Å². The van der Waals surface area contributed by atoms with Gasteiger partial charge in [0.15, 0.2) is 11.5 Å². The molecule has 0 heterocycles. The standard InChI is InChI=1S/C9H10ClNO2S/c1-13-7-4-6(10)2-5(9(7)12)3-8(11)14/h2,4,12H,3H2,1H3,(H2,11,14). The van der Waals surface area contributed by atoms with Gasteiger partial charge in [-0.2, -0.15) is 0 Å². The number of phenols is 1. The maximum atomic E-state index is 9.66. The monoisotopic (exact) mass is 231 g/mol. The second kappa shape index (κ2) is 4.48. The van der Waals surface area contributed by atoms with E-state index in [9.17, 15) is 5.11 Å². The van der Waals surface area contributed by atoms with Crippen molar-refractivity contribution in [2.75, 3.05) is 7.11 Å². The molecule has 0 saturated carbocycles. The lowest BCUT2D eigenvalue weighted by atomic mass is 10.1. The molecule has 0 amide bonds. The zero-order valence-electron chi connectivity index (χ0n) is 7.58. The first-order chi connectivity index (χ1) is 6.54. The Morgan fingerprint density at radius 2 is 2.29 bits per heavy atom. The van der Waals surface area contributed by atoms with Crippen molar-refractivity contribution < 1.29 is 9.84 Å². The van der Waals surface area contributed by atoms with Crippen molar-refractivity contribution in [2.24, 2.45) is 5.73 Å². The maximum Gasteiger partial charge on any atom is 0.162 e. The Morgan fingerprint density at radius 3 is 2.79 bits per heavy atom.